The Morgan fingerprint density at radius 1 is 1.45 bits per heavy atom. The molecule has 0 fully saturated rings. The lowest BCUT2D eigenvalue weighted by Crippen LogP contribution is -2.33. The normalized spacial score (nSPS) is 10.7. The number of amides is 1. The number of nitriles is 1. The molecular weight excluding hydrogens is 258 g/mol. The maximum Gasteiger partial charge on any atom is 0.274 e. The molecule has 1 aromatic carbocycles. The molecule has 1 rings (SSSR count). The Morgan fingerprint density at radius 2 is 2.05 bits per heavy atom. The molecule has 0 saturated carbocycles. The van der Waals surface area contributed by atoms with Crippen molar-refractivity contribution in [2.24, 2.45) is 5.41 Å². The summed E-state index contributed by atoms with van der Waals surface area (Å²) < 4.78 is 0. The third-order valence-electron chi connectivity index (χ3n) is 3.52. The minimum atomic E-state index is -1.10. The van der Waals surface area contributed by atoms with E-state index in [0.717, 1.165) is 0 Å². The van der Waals surface area contributed by atoms with Crippen LogP contribution in [0.15, 0.2) is 18.2 Å². The summed E-state index contributed by atoms with van der Waals surface area (Å²) in [5.74, 6) is -0.428. The topological polar surface area (TPSA) is 96.0 Å². The molecule has 0 unspecified atom stereocenters. The molecule has 0 saturated heterocycles. The molecule has 0 bridgehead atoms. The average molecular weight is 275 g/mol. The zero-order chi connectivity index (χ0) is 15.3. The van der Waals surface area contributed by atoms with Crippen LogP contribution in [0.1, 0.15) is 32.3 Å². The third kappa shape index (κ3) is 2.94. The summed E-state index contributed by atoms with van der Waals surface area (Å²) in [6.07, 6.45) is 0.777. The van der Waals surface area contributed by atoms with Gasteiger partial charge in [0.1, 0.15) is 5.41 Å². The first-order valence-electron chi connectivity index (χ1n) is 6.38. The second-order valence-electron chi connectivity index (χ2n) is 4.61. The molecule has 106 valence electrons. The lowest BCUT2D eigenvalue weighted by atomic mass is 9.83. The maximum atomic E-state index is 12.2. The molecular formula is C14H17N3O3. The molecule has 1 N–H and O–H groups in total. The Balaban J connectivity index is 3.06. The van der Waals surface area contributed by atoms with E-state index in [9.17, 15) is 20.2 Å². The highest BCUT2D eigenvalue weighted by molar-refractivity contribution is 5.97. The third-order valence-corrected chi connectivity index (χ3v) is 3.52. The highest BCUT2D eigenvalue weighted by Crippen LogP contribution is 2.29. The van der Waals surface area contributed by atoms with E-state index in [0.29, 0.717) is 24.1 Å². The second kappa shape index (κ2) is 6.15. The Labute approximate surface area is 117 Å². The Morgan fingerprint density at radius 3 is 2.50 bits per heavy atom. The van der Waals surface area contributed by atoms with Gasteiger partial charge in [-0.3, -0.25) is 14.9 Å². The molecule has 6 heteroatoms. The fourth-order valence-corrected chi connectivity index (χ4v) is 1.91. The van der Waals surface area contributed by atoms with Crippen LogP contribution in [0, 0.1) is 33.8 Å². The summed E-state index contributed by atoms with van der Waals surface area (Å²) in [5, 5.41) is 22.7. The van der Waals surface area contributed by atoms with Gasteiger partial charge < -0.3 is 5.32 Å². The van der Waals surface area contributed by atoms with Gasteiger partial charge in [-0.15, -0.1) is 0 Å². The van der Waals surface area contributed by atoms with E-state index in [1.165, 1.54) is 6.07 Å². The first-order valence-corrected chi connectivity index (χ1v) is 6.38. The van der Waals surface area contributed by atoms with Gasteiger partial charge in [0.15, 0.2) is 0 Å². The standard InChI is InChI=1S/C14H17N3O3/c1-4-14(5-2,9-15)13(18)16-11-7-6-10(3)12(8-11)17(19)20/h6-8H,4-5H2,1-3H3,(H,16,18). The summed E-state index contributed by atoms with van der Waals surface area (Å²) in [7, 11) is 0. The zero-order valence-electron chi connectivity index (χ0n) is 11.8. The predicted molar refractivity (Wildman–Crippen MR) is 75.1 cm³/mol. The number of hydrogen-bond acceptors (Lipinski definition) is 4. The van der Waals surface area contributed by atoms with E-state index in [4.69, 9.17) is 0 Å². The monoisotopic (exact) mass is 275 g/mol. The lowest BCUT2D eigenvalue weighted by Gasteiger charge is -2.22. The van der Waals surface area contributed by atoms with E-state index in [1.807, 2.05) is 6.07 Å². The molecule has 1 amide bonds. The molecule has 0 atom stereocenters. The Hall–Kier alpha value is -2.42. The van der Waals surface area contributed by atoms with Gasteiger partial charge in [-0.1, -0.05) is 19.9 Å². The molecule has 20 heavy (non-hydrogen) atoms. The van der Waals surface area contributed by atoms with Crippen molar-refractivity contribution in [2.45, 2.75) is 33.6 Å². The van der Waals surface area contributed by atoms with Crippen LogP contribution >= 0.6 is 0 Å². The van der Waals surface area contributed by atoms with Crippen LogP contribution in [0.5, 0.6) is 0 Å². The van der Waals surface area contributed by atoms with Gasteiger partial charge in [-0.05, 0) is 25.8 Å². The van der Waals surface area contributed by atoms with Crippen molar-refractivity contribution in [2.75, 3.05) is 5.32 Å². The van der Waals surface area contributed by atoms with Gasteiger partial charge in [-0.2, -0.15) is 5.26 Å². The molecule has 0 spiro atoms. The van der Waals surface area contributed by atoms with Gasteiger partial charge in [0, 0.05) is 17.3 Å². The number of nitrogens with one attached hydrogen (secondary N) is 1. The number of rotatable bonds is 5. The number of carbonyl (C=O) groups excluding carboxylic acids is 1. The number of hydrogen-bond donors (Lipinski definition) is 1. The number of nitrogens with zero attached hydrogens (tertiary/aromatic N) is 2. The van der Waals surface area contributed by atoms with Crippen LogP contribution in [-0.2, 0) is 4.79 Å². The van der Waals surface area contributed by atoms with Gasteiger partial charge >= 0.3 is 0 Å². The van der Waals surface area contributed by atoms with Gasteiger partial charge in [0.2, 0.25) is 5.91 Å². The van der Waals surface area contributed by atoms with Crippen molar-refractivity contribution in [3.8, 4) is 6.07 Å². The van der Waals surface area contributed by atoms with Crippen molar-refractivity contribution in [1.29, 1.82) is 5.26 Å². The molecule has 0 heterocycles. The smallest absolute Gasteiger partial charge is 0.274 e. The van der Waals surface area contributed by atoms with E-state index in [1.54, 1.807) is 32.9 Å². The summed E-state index contributed by atoms with van der Waals surface area (Å²) >= 11 is 0. The maximum absolute atomic E-state index is 12.2. The minimum Gasteiger partial charge on any atom is -0.324 e. The first-order chi connectivity index (χ1) is 9.40. The van der Waals surface area contributed by atoms with Crippen molar-refractivity contribution in [1.82, 2.24) is 0 Å². The van der Waals surface area contributed by atoms with Crippen LogP contribution in [0.2, 0.25) is 0 Å². The molecule has 0 radical (unpaired) electrons. The summed E-state index contributed by atoms with van der Waals surface area (Å²) in [6.45, 7) is 5.16. The van der Waals surface area contributed by atoms with Crippen LogP contribution in [0.25, 0.3) is 0 Å². The fraction of sp³-hybridized carbons (Fsp3) is 0.429. The fourth-order valence-electron chi connectivity index (χ4n) is 1.91. The molecule has 0 aromatic heterocycles. The van der Waals surface area contributed by atoms with E-state index < -0.39 is 16.2 Å². The van der Waals surface area contributed by atoms with E-state index >= 15 is 0 Å². The predicted octanol–water partition coefficient (Wildman–Crippen LogP) is 3.17. The number of benzene rings is 1. The summed E-state index contributed by atoms with van der Waals surface area (Å²) in [5.41, 5.74) is -0.308. The Bertz CT molecular complexity index is 572. The number of nitro groups is 1. The van der Waals surface area contributed by atoms with Crippen LogP contribution in [-0.4, -0.2) is 10.8 Å². The first kappa shape index (κ1) is 15.6. The number of anilines is 1. The Kier molecular flexibility index (Phi) is 4.81. The quantitative estimate of drug-likeness (QED) is 0.659. The van der Waals surface area contributed by atoms with E-state index in [2.05, 4.69) is 5.32 Å². The van der Waals surface area contributed by atoms with Crippen LogP contribution in [0.3, 0.4) is 0 Å². The van der Waals surface area contributed by atoms with Crippen molar-refractivity contribution >= 4 is 17.3 Å². The average Bonchev–Trinajstić information content (AvgIpc) is 2.43. The molecule has 0 aliphatic carbocycles. The summed E-state index contributed by atoms with van der Waals surface area (Å²) in [6, 6.07) is 6.50. The van der Waals surface area contributed by atoms with Gasteiger partial charge in [0.05, 0.1) is 11.0 Å². The second-order valence-corrected chi connectivity index (χ2v) is 4.61. The van der Waals surface area contributed by atoms with Crippen molar-refractivity contribution in [3.05, 3.63) is 33.9 Å². The number of carbonyl (C=O) groups is 1. The highest BCUT2D eigenvalue weighted by Gasteiger charge is 2.35. The summed E-state index contributed by atoms with van der Waals surface area (Å²) in [4.78, 5) is 22.6. The van der Waals surface area contributed by atoms with E-state index in [-0.39, 0.29) is 5.69 Å². The molecule has 6 nitrogen and oxygen atoms in total. The minimum absolute atomic E-state index is 0.0571. The lowest BCUT2D eigenvalue weighted by molar-refractivity contribution is -0.385. The van der Waals surface area contributed by atoms with Crippen LogP contribution < -0.4 is 5.32 Å². The SMILES string of the molecule is CCC(C#N)(CC)C(=O)Nc1ccc(C)c([N+](=O)[O-])c1. The number of aryl methyl sites for hydroxylation is 1. The zero-order valence-corrected chi connectivity index (χ0v) is 11.8. The molecule has 1 aromatic rings. The van der Waals surface area contributed by atoms with Crippen molar-refractivity contribution in [3.63, 3.8) is 0 Å². The van der Waals surface area contributed by atoms with Gasteiger partial charge in [0.25, 0.3) is 5.69 Å². The van der Waals surface area contributed by atoms with Crippen molar-refractivity contribution < 1.29 is 9.72 Å². The molecule has 0 aliphatic heterocycles. The highest BCUT2D eigenvalue weighted by atomic mass is 16.6. The largest absolute Gasteiger partial charge is 0.324 e. The van der Waals surface area contributed by atoms with Gasteiger partial charge in [-0.25, -0.2) is 0 Å². The van der Waals surface area contributed by atoms with Crippen LogP contribution in [0.4, 0.5) is 11.4 Å². The molecule has 0 aliphatic rings. The number of nitro benzene ring substituents is 1.